The molecule has 0 bridgehead atoms. The first-order valence-corrected chi connectivity index (χ1v) is 7.15. The first kappa shape index (κ1) is 17.2. The molecular formula is C15H14N4O4S. The van der Waals surface area contributed by atoms with Crippen molar-refractivity contribution in [3.05, 3.63) is 63.2 Å². The number of phenolic OH excluding ortho intramolecular Hbond substituents is 1. The summed E-state index contributed by atoms with van der Waals surface area (Å²) in [6.45, 7) is 3.72. The molecule has 9 heteroatoms. The minimum absolute atomic E-state index is 0.0235. The molecular weight excluding hydrogens is 332 g/mol. The van der Waals surface area contributed by atoms with Crippen molar-refractivity contribution >= 4 is 24.3 Å². The molecule has 0 saturated heterocycles. The monoisotopic (exact) mass is 346 g/mol. The third-order valence-electron chi connectivity index (χ3n) is 3.03. The number of nitrogens with zero attached hydrogens (tertiary/aromatic N) is 2. The van der Waals surface area contributed by atoms with E-state index < -0.39 is 17.3 Å². The van der Waals surface area contributed by atoms with Crippen molar-refractivity contribution in [1.82, 2.24) is 15.0 Å². The maximum Gasteiger partial charge on any atom is 0.275 e. The summed E-state index contributed by atoms with van der Waals surface area (Å²) >= 11 is 4.94. The largest absolute Gasteiger partial charge is 0.507 e. The van der Waals surface area contributed by atoms with Gasteiger partial charge in [-0.2, -0.15) is 5.10 Å². The Bertz CT molecular complexity index is 930. The van der Waals surface area contributed by atoms with E-state index >= 15 is 0 Å². The highest BCUT2D eigenvalue weighted by Crippen LogP contribution is 2.15. The number of carbonyl (C=O) groups is 1. The molecule has 8 nitrogen and oxygen atoms in total. The zero-order valence-electron chi connectivity index (χ0n) is 12.4. The Balaban J connectivity index is 2.27. The van der Waals surface area contributed by atoms with Crippen molar-refractivity contribution < 1.29 is 15.0 Å². The number of aromatic hydroxyl groups is 2. The molecule has 24 heavy (non-hydrogen) atoms. The fourth-order valence-corrected chi connectivity index (χ4v) is 2.12. The molecule has 124 valence electrons. The minimum Gasteiger partial charge on any atom is -0.507 e. The average Bonchev–Trinajstić information content (AvgIpc) is 2.54. The van der Waals surface area contributed by atoms with Crippen LogP contribution >= 0.6 is 12.2 Å². The topological polar surface area (TPSA) is 120 Å². The normalized spacial score (nSPS) is 10.7. The highest BCUT2D eigenvalue weighted by molar-refractivity contribution is 7.71. The number of hydrogen-bond acceptors (Lipinski definition) is 6. The van der Waals surface area contributed by atoms with Crippen molar-refractivity contribution in [3.8, 4) is 11.6 Å². The Morgan fingerprint density at radius 2 is 2.12 bits per heavy atom. The predicted molar refractivity (Wildman–Crippen MR) is 90.9 cm³/mol. The van der Waals surface area contributed by atoms with Crippen LogP contribution in [0.25, 0.3) is 0 Å². The molecule has 0 atom stereocenters. The number of hydrazone groups is 1. The molecule has 0 aliphatic carbocycles. The molecule has 0 fully saturated rings. The second kappa shape index (κ2) is 7.38. The third-order valence-corrected chi connectivity index (χ3v) is 3.35. The van der Waals surface area contributed by atoms with Gasteiger partial charge in [0.2, 0.25) is 5.88 Å². The predicted octanol–water partition coefficient (Wildman–Crippen LogP) is 1.27. The van der Waals surface area contributed by atoms with E-state index in [4.69, 9.17) is 12.2 Å². The number of allylic oxidation sites excluding steroid dienone is 1. The number of nitrogens with one attached hydrogen (secondary N) is 2. The Morgan fingerprint density at radius 1 is 1.42 bits per heavy atom. The van der Waals surface area contributed by atoms with E-state index in [-0.39, 0.29) is 28.2 Å². The van der Waals surface area contributed by atoms with E-state index in [2.05, 4.69) is 22.1 Å². The highest BCUT2D eigenvalue weighted by atomic mass is 32.1. The number of hydrogen-bond donors (Lipinski definition) is 4. The Labute approximate surface area is 141 Å². The molecule has 2 rings (SSSR count). The smallest absolute Gasteiger partial charge is 0.275 e. The molecule has 0 saturated carbocycles. The van der Waals surface area contributed by atoms with Gasteiger partial charge < -0.3 is 10.2 Å². The zero-order valence-corrected chi connectivity index (χ0v) is 13.2. The zero-order chi connectivity index (χ0) is 17.7. The van der Waals surface area contributed by atoms with Gasteiger partial charge in [0, 0.05) is 6.54 Å². The van der Waals surface area contributed by atoms with E-state index in [1.807, 2.05) is 0 Å². The maximum absolute atomic E-state index is 11.9. The lowest BCUT2D eigenvalue weighted by Gasteiger charge is -2.08. The summed E-state index contributed by atoms with van der Waals surface area (Å²) in [5.41, 5.74) is 1.35. The lowest BCUT2D eigenvalue weighted by molar-refractivity contribution is 0.0952. The molecule has 2 aromatic rings. The van der Waals surface area contributed by atoms with Crippen LogP contribution in [-0.2, 0) is 6.54 Å². The van der Waals surface area contributed by atoms with Gasteiger partial charge in [-0.05, 0) is 24.4 Å². The molecule has 1 aromatic heterocycles. The number of carbonyl (C=O) groups excluding carboxylic acids is 1. The van der Waals surface area contributed by atoms with Gasteiger partial charge in [0.25, 0.3) is 11.5 Å². The fraction of sp³-hybridized carbons (Fsp3) is 0.0667. The lowest BCUT2D eigenvalue weighted by atomic mass is 10.2. The van der Waals surface area contributed by atoms with Gasteiger partial charge in [-0.15, -0.1) is 6.58 Å². The SMILES string of the molecule is C=CCn1c(O)c(C=NNC(=O)c2ccccc2O)c(=O)[nH]c1=S. The Morgan fingerprint density at radius 3 is 2.79 bits per heavy atom. The van der Waals surface area contributed by atoms with E-state index in [1.54, 1.807) is 12.1 Å². The van der Waals surface area contributed by atoms with E-state index in [1.165, 1.54) is 22.8 Å². The highest BCUT2D eigenvalue weighted by Gasteiger charge is 2.11. The minimum atomic E-state index is -0.667. The van der Waals surface area contributed by atoms with Crippen molar-refractivity contribution in [2.45, 2.75) is 6.54 Å². The van der Waals surface area contributed by atoms with Crippen molar-refractivity contribution in [2.75, 3.05) is 0 Å². The average molecular weight is 346 g/mol. The van der Waals surface area contributed by atoms with E-state index in [0.717, 1.165) is 6.21 Å². The summed E-state index contributed by atoms with van der Waals surface area (Å²) < 4.78 is 1.28. The first-order chi connectivity index (χ1) is 11.5. The quantitative estimate of drug-likeness (QED) is 0.281. The Hall–Kier alpha value is -3.20. The summed E-state index contributed by atoms with van der Waals surface area (Å²) in [4.78, 5) is 26.1. The summed E-state index contributed by atoms with van der Waals surface area (Å²) in [6.07, 6.45) is 2.48. The number of aromatic nitrogens is 2. The molecule has 0 unspecified atom stereocenters. The molecule has 0 aliphatic heterocycles. The van der Waals surface area contributed by atoms with Gasteiger partial charge in [-0.3, -0.25) is 19.1 Å². The van der Waals surface area contributed by atoms with Gasteiger partial charge in [0.1, 0.15) is 11.3 Å². The van der Waals surface area contributed by atoms with Crippen LogP contribution in [0.15, 0.2) is 46.8 Å². The number of H-pyrrole nitrogens is 1. The van der Waals surface area contributed by atoms with Crippen molar-refractivity contribution in [2.24, 2.45) is 5.10 Å². The van der Waals surface area contributed by atoms with Gasteiger partial charge in [-0.1, -0.05) is 18.2 Å². The molecule has 1 amide bonds. The van der Waals surface area contributed by atoms with Crippen molar-refractivity contribution in [1.29, 1.82) is 0 Å². The van der Waals surface area contributed by atoms with Crippen LogP contribution in [0.3, 0.4) is 0 Å². The van der Waals surface area contributed by atoms with E-state index in [0.29, 0.717) is 0 Å². The molecule has 1 aromatic carbocycles. The molecule has 0 radical (unpaired) electrons. The van der Waals surface area contributed by atoms with Gasteiger partial charge in [0.05, 0.1) is 11.8 Å². The number of phenols is 1. The summed E-state index contributed by atoms with van der Waals surface area (Å²) in [7, 11) is 0. The van der Waals surface area contributed by atoms with Gasteiger partial charge in [-0.25, -0.2) is 5.43 Å². The lowest BCUT2D eigenvalue weighted by Crippen LogP contribution is -2.21. The number of benzene rings is 1. The van der Waals surface area contributed by atoms with Crippen LogP contribution in [-0.4, -0.2) is 31.9 Å². The molecule has 1 heterocycles. The van der Waals surface area contributed by atoms with E-state index in [9.17, 15) is 19.8 Å². The van der Waals surface area contributed by atoms with Crippen LogP contribution < -0.4 is 11.0 Å². The Kier molecular flexibility index (Phi) is 5.27. The van der Waals surface area contributed by atoms with Crippen LogP contribution in [0.1, 0.15) is 15.9 Å². The maximum atomic E-state index is 11.9. The van der Waals surface area contributed by atoms with Crippen LogP contribution in [0.5, 0.6) is 11.6 Å². The van der Waals surface area contributed by atoms with Crippen LogP contribution in [0.4, 0.5) is 0 Å². The summed E-state index contributed by atoms with van der Waals surface area (Å²) in [5, 5.41) is 23.3. The van der Waals surface area contributed by atoms with Gasteiger partial charge >= 0.3 is 0 Å². The third kappa shape index (κ3) is 3.58. The molecule has 0 aliphatic rings. The van der Waals surface area contributed by atoms with Gasteiger partial charge in [0.15, 0.2) is 4.77 Å². The standard InChI is InChI=1S/C15H14N4O4S/c1-2-7-19-14(23)10(12(21)17-15(19)24)8-16-18-13(22)9-5-3-4-6-11(9)20/h2-6,8,20,23H,1,7H2,(H,18,22)(H,17,21,24). The fourth-order valence-electron chi connectivity index (χ4n) is 1.87. The number of amides is 1. The van der Waals surface area contributed by atoms with Crippen LogP contribution in [0.2, 0.25) is 0 Å². The number of aromatic amines is 1. The molecule has 4 N–H and O–H groups in total. The second-order valence-corrected chi connectivity index (χ2v) is 5.00. The first-order valence-electron chi connectivity index (χ1n) is 6.74. The number of rotatable bonds is 5. The second-order valence-electron chi connectivity index (χ2n) is 4.61. The number of para-hydroxylation sites is 1. The van der Waals surface area contributed by atoms with Crippen molar-refractivity contribution in [3.63, 3.8) is 0 Å². The molecule has 0 spiro atoms. The van der Waals surface area contributed by atoms with Crippen LogP contribution in [0, 0.1) is 4.77 Å². The summed E-state index contributed by atoms with van der Waals surface area (Å²) in [6, 6.07) is 5.92. The summed E-state index contributed by atoms with van der Waals surface area (Å²) in [5.74, 6) is -1.27.